The molecule has 202 valence electrons. The number of aliphatic carboxylic acids is 1. The lowest BCUT2D eigenvalue weighted by Crippen LogP contribution is -2.46. The quantitative estimate of drug-likeness (QED) is 0.472. The molecule has 1 amide bonds. The van der Waals surface area contributed by atoms with Gasteiger partial charge < -0.3 is 29.7 Å². The Hall–Kier alpha value is -3.11. The summed E-state index contributed by atoms with van der Waals surface area (Å²) in [6, 6.07) is 7.06. The van der Waals surface area contributed by atoms with E-state index < -0.39 is 12.0 Å². The molecule has 2 N–H and O–H groups in total. The van der Waals surface area contributed by atoms with E-state index in [1.807, 2.05) is 22.9 Å². The maximum Gasteiger partial charge on any atom is 0.305 e. The van der Waals surface area contributed by atoms with Crippen molar-refractivity contribution in [2.24, 2.45) is 0 Å². The zero-order chi connectivity index (χ0) is 26.4. The van der Waals surface area contributed by atoms with Crippen LogP contribution in [0.5, 0.6) is 11.5 Å². The molecule has 10 heteroatoms. The van der Waals surface area contributed by atoms with Crippen molar-refractivity contribution in [1.29, 1.82) is 0 Å². The average Bonchev–Trinajstić information content (AvgIpc) is 3.57. The Morgan fingerprint density at radius 3 is 2.35 bits per heavy atom. The van der Waals surface area contributed by atoms with Crippen LogP contribution >= 0.6 is 0 Å². The van der Waals surface area contributed by atoms with Crippen molar-refractivity contribution in [2.45, 2.75) is 50.6 Å². The first-order valence-corrected chi connectivity index (χ1v) is 13.1. The molecule has 1 aromatic heterocycles. The SMILES string of the molecule is COc1cccc(OC)c1-c1cc(C(=O)N[C@@H](CCN2CCN(C)CC2)CC(=O)O)nn1C1CCCC1. The number of hydrogen-bond donors (Lipinski definition) is 2. The van der Waals surface area contributed by atoms with Gasteiger partial charge in [-0.2, -0.15) is 5.10 Å². The number of methoxy groups -OCH3 is 2. The van der Waals surface area contributed by atoms with Gasteiger partial charge in [0.2, 0.25) is 0 Å². The highest BCUT2D eigenvalue weighted by molar-refractivity contribution is 5.94. The largest absolute Gasteiger partial charge is 0.496 e. The molecule has 2 fully saturated rings. The number of nitrogens with one attached hydrogen (secondary N) is 1. The van der Waals surface area contributed by atoms with Crippen LogP contribution in [0.1, 0.15) is 55.1 Å². The van der Waals surface area contributed by atoms with Crippen molar-refractivity contribution < 1.29 is 24.2 Å². The molecular weight excluding hydrogens is 474 g/mol. The number of carbonyl (C=O) groups excluding carboxylic acids is 1. The van der Waals surface area contributed by atoms with Gasteiger partial charge in [0.25, 0.3) is 5.91 Å². The number of carboxylic acids is 1. The summed E-state index contributed by atoms with van der Waals surface area (Å²) in [5.74, 6) is -0.0149. The second-order valence-corrected chi connectivity index (χ2v) is 10.0. The minimum absolute atomic E-state index is 0.129. The van der Waals surface area contributed by atoms with Gasteiger partial charge in [-0.3, -0.25) is 14.3 Å². The summed E-state index contributed by atoms with van der Waals surface area (Å²) in [4.78, 5) is 29.6. The molecule has 2 aliphatic rings. The first-order chi connectivity index (χ1) is 17.9. The molecule has 37 heavy (non-hydrogen) atoms. The van der Waals surface area contributed by atoms with Crippen LogP contribution in [0.25, 0.3) is 11.3 Å². The molecular formula is C27H39N5O5. The van der Waals surface area contributed by atoms with Gasteiger partial charge in [0, 0.05) is 38.8 Å². The van der Waals surface area contributed by atoms with E-state index >= 15 is 0 Å². The van der Waals surface area contributed by atoms with E-state index in [0.717, 1.165) is 69.7 Å². The fraction of sp³-hybridized carbons (Fsp3) is 0.593. The van der Waals surface area contributed by atoms with Crippen LogP contribution in [0, 0.1) is 0 Å². The van der Waals surface area contributed by atoms with Crippen molar-refractivity contribution in [3.05, 3.63) is 30.0 Å². The lowest BCUT2D eigenvalue weighted by atomic mass is 10.1. The summed E-state index contributed by atoms with van der Waals surface area (Å²) in [6.07, 6.45) is 4.64. The van der Waals surface area contributed by atoms with Gasteiger partial charge in [-0.05, 0) is 44.5 Å². The number of rotatable bonds is 11. The van der Waals surface area contributed by atoms with E-state index in [1.165, 1.54) is 0 Å². The van der Waals surface area contributed by atoms with Crippen LogP contribution in [0.15, 0.2) is 24.3 Å². The van der Waals surface area contributed by atoms with Crippen molar-refractivity contribution in [1.82, 2.24) is 24.9 Å². The molecule has 0 spiro atoms. The van der Waals surface area contributed by atoms with E-state index in [2.05, 4.69) is 22.2 Å². The van der Waals surface area contributed by atoms with Crippen LogP contribution in [-0.4, -0.2) is 96.6 Å². The second kappa shape index (κ2) is 12.4. The number of piperazine rings is 1. The average molecular weight is 514 g/mol. The van der Waals surface area contributed by atoms with Gasteiger partial charge in [0.1, 0.15) is 11.5 Å². The molecule has 1 saturated carbocycles. The van der Waals surface area contributed by atoms with Gasteiger partial charge in [-0.25, -0.2) is 0 Å². The van der Waals surface area contributed by atoms with Gasteiger partial charge in [-0.1, -0.05) is 18.9 Å². The Kier molecular flexibility index (Phi) is 9.04. The van der Waals surface area contributed by atoms with Crippen LogP contribution in [0.3, 0.4) is 0 Å². The monoisotopic (exact) mass is 513 g/mol. The number of carboxylic acid groups (broad SMARTS) is 1. The molecule has 2 aromatic rings. The first kappa shape index (κ1) is 26.9. The predicted octanol–water partition coefficient (Wildman–Crippen LogP) is 2.89. The highest BCUT2D eigenvalue weighted by Crippen LogP contribution is 2.41. The highest BCUT2D eigenvalue weighted by Gasteiger charge is 2.28. The molecule has 0 bridgehead atoms. The molecule has 1 atom stereocenters. The van der Waals surface area contributed by atoms with E-state index in [9.17, 15) is 14.7 Å². The van der Waals surface area contributed by atoms with E-state index in [4.69, 9.17) is 14.6 Å². The molecule has 1 aromatic carbocycles. The van der Waals surface area contributed by atoms with Crippen LogP contribution < -0.4 is 14.8 Å². The molecule has 4 rings (SSSR count). The maximum atomic E-state index is 13.4. The van der Waals surface area contributed by atoms with Crippen LogP contribution in [0.2, 0.25) is 0 Å². The number of hydrogen-bond acceptors (Lipinski definition) is 7. The molecule has 10 nitrogen and oxygen atoms in total. The number of likely N-dealkylation sites (N-methyl/N-ethyl adjacent to an activating group) is 1. The molecule has 2 heterocycles. The number of ether oxygens (including phenoxy) is 2. The summed E-state index contributed by atoms with van der Waals surface area (Å²) in [6.45, 7) is 4.61. The van der Waals surface area contributed by atoms with Gasteiger partial charge in [0.15, 0.2) is 5.69 Å². The zero-order valence-corrected chi connectivity index (χ0v) is 22.1. The number of carbonyl (C=O) groups is 2. The first-order valence-electron chi connectivity index (χ1n) is 13.1. The Morgan fingerprint density at radius 2 is 1.76 bits per heavy atom. The fourth-order valence-corrected chi connectivity index (χ4v) is 5.33. The highest BCUT2D eigenvalue weighted by atomic mass is 16.5. The molecule has 1 aliphatic heterocycles. The summed E-state index contributed by atoms with van der Waals surface area (Å²) in [5.41, 5.74) is 1.78. The maximum absolute atomic E-state index is 13.4. The fourth-order valence-electron chi connectivity index (χ4n) is 5.33. The van der Waals surface area contributed by atoms with Crippen molar-refractivity contribution in [3.8, 4) is 22.8 Å². The topological polar surface area (TPSA) is 109 Å². The summed E-state index contributed by atoms with van der Waals surface area (Å²) >= 11 is 0. The minimum Gasteiger partial charge on any atom is -0.496 e. The van der Waals surface area contributed by atoms with Crippen molar-refractivity contribution in [2.75, 3.05) is 54.0 Å². The normalized spacial score (nSPS) is 18.0. The molecule has 0 radical (unpaired) electrons. The summed E-state index contributed by atoms with van der Waals surface area (Å²) < 4.78 is 13.2. The smallest absolute Gasteiger partial charge is 0.305 e. The number of benzene rings is 1. The number of nitrogens with zero attached hydrogens (tertiary/aromatic N) is 4. The molecule has 0 unspecified atom stereocenters. The van der Waals surface area contributed by atoms with E-state index in [0.29, 0.717) is 17.9 Å². The summed E-state index contributed by atoms with van der Waals surface area (Å²) in [5, 5.41) is 17.2. The van der Waals surface area contributed by atoms with Crippen molar-refractivity contribution >= 4 is 11.9 Å². The van der Waals surface area contributed by atoms with Crippen LogP contribution in [-0.2, 0) is 4.79 Å². The third kappa shape index (κ3) is 6.61. The third-order valence-electron chi connectivity index (χ3n) is 7.47. The molecule has 1 saturated heterocycles. The lowest BCUT2D eigenvalue weighted by Gasteiger charge is -2.33. The van der Waals surface area contributed by atoms with Gasteiger partial charge >= 0.3 is 5.97 Å². The Labute approximate surface area is 218 Å². The number of aromatic nitrogens is 2. The predicted molar refractivity (Wildman–Crippen MR) is 140 cm³/mol. The Morgan fingerprint density at radius 1 is 1.11 bits per heavy atom. The van der Waals surface area contributed by atoms with Gasteiger partial charge in [-0.15, -0.1) is 0 Å². The zero-order valence-electron chi connectivity index (χ0n) is 22.1. The molecule has 1 aliphatic carbocycles. The lowest BCUT2D eigenvalue weighted by molar-refractivity contribution is -0.137. The van der Waals surface area contributed by atoms with Gasteiger partial charge in [0.05, 0.1) is 37.9 Å². The third-order valence-corrected chi connectivity index (χ3v) is 7.47. The Bertz CT molecular complexity index is 1050. The van der Waals surface area contributed by atoms with Crippen LogP contribution in [0.4, 0.5) is 0 Å². The van der Waals surface area contributed by atoms with E-state index in [-0.39, 0.29) is 24.1 Å². The van der Waals surface area contributed by atoms with E-state index in [1.54, 1.807) is 20.3 Å². The standard InChI is InChI=1S/C27H39N5O5/c1-30-13-15-31(16-14-30)12-11-19(17-25(33)34)28-27(35)21-18-22(32(29-21)20-7-4-5-8-20)26-23(36-2)9-6-10-24(26)37-3/h6,9-10,18-20H,4-5,7-8,11-17H2,1-3H3,(H,28,35)(H,33,34)/t19-/m0/s1. The number of amides is 1. The Balaban J connectivity index is 1.57. The van der Waals surface area contributed by atoms with Crippen molar-refractivity contribution in [3.63, 3.8) is 0 Å². The summed E-state index contributed by atoms with van der Waals surface area (Å²) in [7, 11) is 5.32. The second-order valence-electron chi connectivity index (χ2n) is 10.0. The minimum atomic E-state index is -0.931.